The van der Waals surface area contributed by atoms with E-state index in [0.29, 0.717) is 5.69 Å². The van der Waals surface area contributed by atoms with E-state index in [0.717, 1.165) is 5.69 Å². The number of aryl methyl sites for hydroxylation is 1. The molecule has 2 rings (SSSR count). The fourth-order valence-electron chi connectivity index (χ4n) is 1.56. The minimum atomic E-state index is -0.335. The van der Waals surface area contributed by atoms with Crippen LogP contribution >= 0.6 is 0 Å². The van der Waals surface area contributed by atoms with Crippen molar-refractivity contribution in [3.05, 3.63) is 58.3 Å². The largest absolute Gasteiger partial charge is 0.394 e. The highest BCUT2D eigenvalue weighted by Gasteiger charge is 2.05. The first-order valence-electron chi connectivity index (χ1n) is 4.83. The Hall–Kier alpha value is -2.10. The Kier molecular flexibility index (Phi) is 2.48. The Morgan fingerprint density at radius 3 is 2.38 bits per heavy atom. The van der Waals surface area contributed by atoms with E-state index < -0.39 is 0 Å². The second-order valence-corrected chi connectivity index (χ2v) is 3.55. The molecule has 2 aromatic rings. The van der Waals surface area contributed by atoms with Gasteiger partial charge in [0.1, 0.15) is 5.82 Å². The van der Waals surface area contributed by atoms with Crippen molar-refractivity contribution in [2.24, 2.45) is 0 Å². The van der Waals surface area contributed by atoms with Crippen LogP contribution in [0.1, 0.15) is 5.69 Å². The van der Waals surface area contributed by atoms with Crippen LogP contribution in [0.15, 0.2) is 41.2 Å². The highest BCUT2D eigenvalue weighted by Crippen LogP contribution is 2.10. The van der Waals surface area contributed by atoms with Crippen molar-refractivity contribution in [3.63, 3.8) is 0 Å². The molecule has 2 N–H and O–H groups in total. The van der Waals surface area contributed by atoms with Crippen LogP contribution in [0.5, 0.6) is 0 Å². The zero-order valence-corrected chi connectivity index (χ0v) is 8.77. The summed E-state index contributed by atoms with van der Waals surface area (Å²) < 4.78 is 14.2. The normalized spacial score (nSPS) is 10.4. The van der Waals surface area contributed by atoms with Gasteiger partial charge in [0, 0.05) is 11.4 Å². The molecule has 0 unspecified atom stereocenters. The summed E-state index contributed by atoms with van der Waals surface area (Å²) >= 11 is 0. The number of hydrogen-bond acceptors (Lipinski definition) is 2. The quantitative estimate of drug-likeness (QED) is 0.794. The number of pyridine rings is 1. The zero-order valence-electron chi connectivity index (χ0n) is 8.77. The molecule has 16 heavy (non-hydrogen) atoms. The molecule has 4 heteroatoms. The number of nitrogens with zero attached hydrogens (tertiary/aromatic N) is 1. The van der Waals surface area contributed by atoms with Crippen LogP contribution in [0.25, 0.3) is 5.69 Å². The van der Waals surface area contributed by atoms with E-state index in [1.807, 2.05) is 0 Å². The van der Waals surface area contributed by atoms with Gasteiger partial charge < -0.3 is 5.73 Å². The molecule has 1 aromatic carbocycles. The first-order chi connectivity index (χ1) is 7.59. The maximum absolute atomic E-state index is 12.8. The van der Waals surface area contributed by atoms with Gasteiger partial charge in [-0.25, -0.2) is 4.39 Å². The number of hydrogen-bond donors (Lipinski definition) is 1. The summed E-state index contributed by atoms with van der Waals surface area (Å²) in [7, 11) is 0. The monoisotopic (exact) mass is 218 g/mol. The Morgan fingerprint density at radius 1 is 1.12 bits per heavy atom. The predicted molar refractivity (Wildman–Crippen MR) is 61.1 cm³/mol. The lowest BCUT2D eigenvalue weighted by Crippen LogP contribution is -2.22. The van der Waals surface area contributed by atoms with E-state index in [-0.39, 0.29) is 17.1 Å². The summed E-state index contributed by atoms with van der Waals surface area (Å²) in [6.45, 7) is 1.80. The number of aromatic nitrogens is 1. The van der Waals surface area contributed by atoms with Gasteiger partial charge in [0.15, 0.2) is 0 Å². The fraction of sp³-hybridized carbons (Fsp3) is 0.0833. The highest BCUT2D eigenvalue weighted by atomic mass is 19.1. The minimum Gasteiger partial charge on any atom is -0.394 e. The maximum Gasteiger partial charge on any atom is 0.278 e. The van der Waals surface area contributed by atoms with Gasteiger partial charge in [-0.15, -0.1) is 0 Å². The number of rotatable bonds is 1. The molecule has 0 saturated heterocycles. The van der Waals surface area contributed by atoms with Crippen molar-refractivity contribution in [1.82, 2.24) is 4.57 Å². The Bertz CT molecular complexity index is 573. The molecular weight excluding hydrogens is 207 g/mol. The average molecular weight is 218 g/mol. The van der Waals surface area contributed by atoms with Crippen LogP contribution < -0.4 is 11.3 Å². The average Bonchev–Trinajstić information content (AvgIpc) is 2.27. The highest BCUT2D eigenvalue weighted by molar-refractivity contribution is 5.42. The van der Waals surface area contributed by atoms with Gasteiger partial charge >= 0.3 is 0 Å². The zero-order chi connectivity index (χ0) is 11.7. The molecule has 0 radical (unpaired) electrons. The first-order valence-corrected chi connectivity index (χ1v) is 4.83. The fourth-order valence-corrected chi connectivity index (χ4v) is 1.56. The number of halogens is 1. The molecule has 1 heterocycles. The van der Waals surface area contributed by atoms with Crippen LogP contribution in [-0.2, 0) is 0 Å². The van der Waals surface area contributed by atoms with Crippen LogP contribution in [0, 0.1) is 12.7 Å². The molecule has 1 aromatic heterocycles. The van der Waals surface area contributed by atoms with Gasteiger partial charge in [-0.3, -0.25) is 9.36 Å². The molecule has 0 aliphatic rings. The smallest absolute Gasteiger partial charge is 0.278 e. The summed E-state index contributed by atoms with van der Waals surface area (Å²) in [4.78, 5) is 11.8. The van der Waals surface area contributed by atoms with Crippen LogP contribution in [-0.4, -0.2) is 4.57 Å². The number of nitrogens with two attached hydrogens (primary N) is 1. The molecule has 0 spiro atoms. The van der Waals surface area contributed by atoms with E-state index >= 15 is 0 Å². The third kappa shape index (κ3) is 1.69. The van der Waals surface area contributed by atoms with E-state index in [1.165, 1.54) is 16.7 Å². The van der Waals surface area contributed by atoms with Crippen LogP contribution in [0.3, 0.4) is 0 Å². The Labute approximate surface area is 92.0 Å². The van der Waals surface area contributed by atoms with Gasteiger partial charge in [0.05, 0.1) is 5.69 Å². The second kappa shape index (κ2) is 3.81. The van der Waals surface area contributed by atoms with Gasteiger partial charge in [-0.05, 0) is 43.3 Å². The summed E-state index contributed by atoms with van der Waals surface area (Å²) in [5.41, 5.74) is 6.80. The molecule has 0 saturated carbocycles. The Balaban J connectivity index is 2.69. The van der Waals surface area contributed by atoms with E-state index in [4.69, 9.17) is 5.73 Å². The molecule has 3 nitrogen and oxygen atoms in total. The first kappa shape index (κ1) is 10.4. The van der Waals surface area contributed by atoms with E-state index in [1.54, 1.807) is 31.2 Å². The van der Waals surface area contributed by atoms with Crippen molar-refractivity contribution < 1.29 is 4.39 Å². The van der Waals surface area contributed by atoms with Gasteiger partial charge in [0.2, 0.25) is 0 Å². The third-order valence-electron chi connectivity index (χ3n) is 2.39. The molecule has 0 aliphatic heterocycles. The SMILES string of the molecule is Cc1ccc(N)c(=O)n1-c1ccc(F)cc1. The molecule has 0 amide bonds. The second-order valence-electron chi connectivity index (χ2n) is 3.55. The van der Waals surface area contributed by atoms with Crippen molar-refractivity contribution in [1.29, 1.82) is 0 Å². The minimum absolute atomic E-state index is 0.176. The molecule has 82 valence electrons. The molecular formula is C12H11FN2O. The van der Waals surface area contributed by atoms with E-state index in [2.05, 4.69) is 0 Å². The maximum atomic E-state index is 12.8. The number of anilines is 1. The van der Waals surface area contributed by atoms with Crippen LogP contribution in [0.2, 0.25) is 0 Å². The topological polar surface area (TPSA) is 48.0 Å². The number of benzene rings is 1. The van der Waals surface area contributed by atoms with E-state index in [9.17, 15) is 9.18 Å². The van der Waals surface area contributed by atoms with Crippen molar-refractivity contribution in [2.45, 2.75) is 6.92 Å². The van der Waals surface area contributed by atoms with Gasteiger partial charge in [-0.2, -0.15) is 0 Å². The van der Waals surface area contributed by atoms with Crippen molar-refractivity contribution >= 4 is 5.69 Å². The standard InChI is InChI=1S/C12H11FN2O/c1-8-2-7-11(14)12(16)15(8)10-5-3-9(13)4-6-10/h2-7H,14H2,1H3. The summed E-state index contributed by atoms with van der Waals surface area (Å²) in [6, 6.07) is 9.03. The molecule has 0 fully saturated rings. The molecule has 0 atom stereocenters. The summed E-state index contributed by atoms with van der Waals surface area (Å²) in [6.07, 6.45) is 0. The van der Waals surface area contributed by atoms with Gasteiger partial charge in [-0.1, -0.05) is 0 Å². The molecule has 0 aliphatic carbocycles. The van der Waals surface area contributed by atoms with Crippen molar-refractivity contribution in [2.75, 3.05) is 5.73 Å². The van der Waals surface area contributed by atoms with Gasteiger partial charge in [0.25, 0.3) is 5.56 Å². The van der Waals surface area contributed by atoms with Crippen molar-refractivity contribution in [3.8, 4) is 5.69 Å². The lowest BCUT2D eigenvalue weighted by atomic mass is 10.2. The number of nitrogen functional groups attached to an aromatic ring is 1. The predicted octanol–water partition coefficient (Wildman–Crippen LogP) is 1.87. The third-order valence-corrected chi connectivity index (χ3v) is 2.39. The lowest BCUT2D eigenvalue weighted by molar-refractivity contribution is 0.627. The summed E-state index contributed by atoms with van der Waals surface area (Å²) in [5, 5.41) is 0. The Morgan fingerprint density at radius 2 is 1.75 bits per heavy atom. The summed E-state index contributed by atoms with van der Waals surface area (Å²) in [5.74, 6) is -0.335. The molecule has 0 bridgehead atoms. The van der Waals surface area contributed by atoms with Crippen LogP contribution in [0.4, 0.5) is 10.1 Å². The lowest BCUT2D eigenvalue weighted by Gasteiger charge is -2.10.